The summed E-state index contributed by atoms with van der Waals surface area (Å²) < 4.78 is 7.50. The number of aromatic amines is 1. The number of rotatable bonds is 5. The lowest BCUT2D eigenvalue weighted by atomic mass is 10.1. The first kappa shape index (κ1) is 20.3. The SMILES string of the molecule is COc1ccc2c(C(=O)Nc3nccs3)cn(CC3CC3)c2c1.c1ccc2[nH]ccc2c1. The van der Waals surface area contributed by atoms with E-state index >= 15 is 0 Å². The van der Waals surface area contributed by atoms with Crippen LogP contribution in [-0.4, -0.2) is 27.6 Å². The fourth-order valence-corrected chi connectivity index (χ4v) is 4.28. The molecule has 3 heterocycles. The normalized spacial score (nSPS) is 13.0. The van der Waals surface area contributed by atoms with E-state index in [2.05, 4.69) is 38.1 Å². The van der Waals surface area contributed by atoms with Crippen LogP contribution in [0.15, 0.2) is 72.5 Å². The van der Waals surface area contributed by atoms with Crippen LogP contribution in [0.1, 0.15) is 23.2 Å². The fraction of sp³-hybridized carbons (Fsp3) is 0.200. The summed E-state index contributed by atoms with van der Waals surface area (Å²) in [7, 11) is 1.66. The third-order valence-corrected chi connectivity index (χ3v) is 6.29. The number of nitrogens with one attached hydrogen (secondary N) is 2. The number of fused-ring (bicyclic) bond motifs is 2. The average Bonchev–Trinajstić information content (AvgIpc) is 3.20. The number of ether oxygens (including phenoxy) is 1. The molecule has 3 aromatic heterocycles. The number of aromatic nitrogens is 3. The number of nitrogens with zero attached hydrogens (tertiary/aromatic N) is 2. The highest BCUT2D eigenvalue weighted by molar-refractivity contribution is 7.13. The van der Waals surface area contributed by atoms with Crippen LogP contribution in [-0.2, 0) is 6.54 Å². The Hall–Kier alpha value is -3.58. The second-order valence-electron chi connectivity index (χ2n) is 7.88. The number of amides is 1. The van der Waals surface area contributed by atoms with Gasteiger partial charge in [0.05, 0.1) is 18.2 Å². The summed E-state index contributed by atoms with van der Waals surface area (Å²) in [6, 6.07) is 16.1. The molecule has 2 N–H and O–H groups in total. The molecule has 0 unspecified atom stereocenters. The van der Waals surface area contributed by atoms with Crippen molar-refractivity contribution in [2.45, 2.75) is 19.4 Å². The second-order valence-corrected chi connectivity index (χ2v) is 8.77. The van der Waals surface area contributed by atoms with E-state index in [-0.39, 0.29) is 5.91 Å². The van der Waals surface area contributed by atoms with Crippen molar-refractivity contribution in [2.24, 2.45) is 5.92 Å². The van der Waals surface area contributed by atoms with Crippen molar-refractivity contribution in [1.82, 2.24) is 14.5 Å². The first-order valence-electron chi connectivity index (χ1n) is 10.6. The third kappa shape index (κ3) is 4.38. The molecule has 162 valence electrons. The van der Waals surface area contributed by atoms with Crippen molar-refractivity contribution >= 4 is 44.2 Å². The predicted octanol–water partition coefficient (Wildman–Crippen LogP) is 5.94. The van der Waals surface area contributed by atoms with Crippen LogP contribution in [0.2, 0.25) is 0 Å². The Kier molecular flexibility index (Phi) is 5.64. The Morgan fingerprint density at radius 1 is 1.25 bits per heavy atom. The van der Waals surface area contributed by atoms with Gasteiger partial charge in [-0.1, -0.05) is 18.2 Å². The molecular weight excluding hydrogens is 420 g/mol. The Bertz CT molecular complexity index is 1320. The number of benzene rings is 2. The Balaban J connectivity index is 0.000000199. The number of anilines is 1. The van der Waals surface area contributed by atoms with Gasteiger partial charge in [-0.25, -0.2) is 4.98 Å². The zero-order valence-corrected chi connectivity index (χ0v) is 18.6. The van der Waals surface area contributed by atoms with Gasteiger partial charge in [-0.2, -0.15) is 0 Å². The molecule has 0 aliphatic heterocycles. The van der Waals surface area contributed by atoms with Crippen LogP contribution in [0.3, 0.4) is 0 Å². The summed E-state index contributed by atoms with van der Waals surface area (Å²) in [6.45, 7) is 0.953. The number of thiazole rings is 1. The van der Waals surface area contributed by atoms with E-state index in [1.54, 1.807) is 13.3 Å². The Morgan fingerprint density at radius 3 is 2.88 bits per heavy atom. The molecule has 1 amide bonds. The first-order valence-corrected chi connectivity index (χ1v) is 11.5. The van der Waals surface area contributed by atoms with E-state index < -0.39 is 0 Å². The van der Waals surface area contributed by atoms with Crippen molar-refractivity contribution in [2.75, 3.05) is 12.4 Å². The van der Waals surface area contributed by atoms with Crippen LogP contribution < -0.4 is 10.1 Å². The summed E-state index contributed by atoms with van der Waals surface area (Å²) in [5.41, 5.74) is 2.93. The molecule has 0 radical (unpaired) electrons. The molecule has 5 aromatic rings. The number of hydrogen-bond donors (Lipinski definition) is 2. The van der Waals surface area contributed by atoms with Crippen LogP contribution in [0, 0.1) is 5.92 Å². The minimum Gasteiger partial charge on any atom is -0.497 e. The molecule has 6 nitrogen and oxygen atoms in total. The number of carbonyl (C=O) groups is 1. The summed E-state index contributed by atoms with van der Waals surface area (Å²) in [5.74, 6) is 1.41. The highest BCUT2D eigenvalue weighted by atomic mass is 32.1. The van der Waals surface area contributed by atoms with Crippen LogP contribution in [0.4, 0.5) is 5.13 Å². The van der Waals surface area contributed by atoms with Gasteiger partial charge in [0.25, 0.3) is 5.91 Å². The van der Waals surface area contributed by atoms with Crippen LogP contribution in [0.5, 0.6) is 5.75 Å². The predicted molar refractivity (Wildman–Crippen MR) is 130 cm³/mol. The summed E-state index contributed by atoms with van der Waals surface area (Å²) in [5, 5.41) is 7.55. The van der Waals surface area contributed by atoms with Gasteiger partial charge in [0.1, 0.15) is 5.75 Å². The second kappa shape index (κ2) is 8.88. The molecule has 1 fully saturated rings. The summed E-state index contributed by atoms with van der Waals surface area (Å²) in [4.78, 5) is 19.8. The maximum absolute atomic E-state index is 12.6. The highest BCUT2D eigenvalue weighted by Crippen LogP contribution is 2.34. The van der Waals surface area contributed by atoms with E-state index in [0.717, 1.165) is 29.1 Å². The minimum absolute atomic E-state index is 0.121. The number of methoxy groups -OCH3 is 1. The third-order valence-electron chi connectivity index (χ3n) is 5.60. The molecule has 1 aliphatic rings. The lowest BCUT2D eigenvalue weighted by Crippen LogP contribution is -2.11. The van der Waals surface area contributed by atoms with Gasteiger partial charge in [-0.3, -0.25) is 10.1 Å². The van der Waals surface area contributed by atoms with E-state index in [0.29, 0.717) is 10.7 Å². The molecular formula is C25H24N4O2S. The molecule has 0 spiro atoms. The molecule has 0 atom stereocenters. The van der Waals surface area contributed by atoms with E-state index in [4.69, 9.17) is 4.74 Å². The molecule has 6 rings (SSSR count). The van der Waals surface area contributed by atoms with Crippen molar-refractivity contribution in [3.63, 3.8) is 0 Å². The zero-order valence-electron chi connectivity index (χ0n) is 17.7. The van der Waals surface area contributed by atoms with Crippen molar-refractivity contribution in [3.8, 4) is 5.75 Å². The minimum atomic E-state index is -0.121. The molecule has 2 aromatic carbocycles. The van der Waals surface area contributed by atoms with Crippen molar-refractivity contribution in [1.29, 1.82) is 0 Å². The van der Waals surface area contributed by atoms with Gasteiger partial charge in [-0.15, -0.1) is 11.3 Å². The van der Waals surface area contributed by atoms with Crippen LogP contribution >= 0.6 is 11.3 Å². The van der Waals surface area contributed by atoms with E-state index in [1.165, 1.54) is 35.1 Å². The molecule has 1 saturated carbocycles. The topological polar surface area (TPSA) is 71.9 Å². The standard InChI is InChI=1S/C17H17N3O2S.C8H7N/c1-22-12-4-5-13-14(16(21)19-17-18-6-7-23-17)10-20(15(13)8-12)9-11-2-3-11;1-2-4-8-7(3-1)5-6-9-8/h4-8,10-11H,2-3,9H2,1H3,(H,18,19,21);1-6,9H. The van der Waals surface area contributed by atoms with Gasteiger partial charge in [-0.05, 0) is 48.4 Å². The lowest BCUT2D eigenvalue weighted by Gasteiger charge is -2.05. The Labute approximate surface area is 189 Å². The monoisotopic (exact) mass is 444 g/mol. The molecule has 7 heteroatoms. The van der Waals surface area contributed by atoms with E-state index in [9.17, 15) is 4.79 Å². The smallest absolute Gasteiger partial charge is 0.259 e. The van der Waals surface area contributed by atoms with Gasteiger partial charge < -0.3 is 14.3 Å². The van der Waals surface area contributed by atoms with Gasteiger partial charge >= 0.3 is 0 Å². The number of carbonyl (C=O) groups excluding carboxylic acids is 1. The lowest BCUT2D eigenvalue weighted by molar-refractivity contribution is 0.102. The maximum atomic E-state index is 12.6. The van der Waals surface area contributed by atoms with Gasteiger partial charge in [0.15, 0.2) is 5.13 Å². The zero-order chi connectivity index (χ0) is 21.9. The molecule has 32 heavy (non-hydrogen) atoms. The van der Waals surface area contributed by atoms with Crippen LogP contribution in [0.25, 0.3) is 21.8 Å². The van der Waals surface area contributed by atoms with Crippen molar-refractivity contribution < 1.29 is 9.53 Å². The number of H-pyrrole nitrogens is 1. The number of para-hydroxylation sites is 1. The summed E-state index contributed by atoms with van der Waals surface area (Å²) >= 11 is 1.41. The fourth-order valence-electron chi connectivity index (χ4n) is 3.75. The molecule has 0 bridgehead atoms. The quantitative estimate of drug-likeness (QED) is 0.353. The molecule has 0 saturated heterocycles. The average molecular weight is 445 g/mol. The summed E-state index contributed by atoms with van der Waals surface area (Å²) in [6.07, 6.45) is 8.12. The van der Waals surface area contributed by atoms with E-state index in [1.807, 2.05) is 48.1 Å². The highest BCUT2D eigenvalue weighted by Gasteiger charge is 2.24. The van der Waals surface area contributed by atoms with Crippen molar-refractivity contribution in [3.05, 3.63) is 78.1 Å². The first-order chi connectivity index (χ1) is 15.7. The number of hydrogen-bond acceptors (Lipinski definition) is 4. The van der Waals surface area contributed by atoms with Gasteiger partial charge in [0.2, 0.25) is 0 Å². The maximum Gasteiger partial charge on any atom is 0.259 e. The molecule has 1 aliphatic carbocycles. The Morgan fingerprint density at radius 2 is 2.12 bits per heavy atom. The van der Waals surface area contributed by atoms with Gasteiger partial charge in [0, 0.05) is 47.5 Å². The largest absolute Gasteiger partial charge is 0.497 e.